The van der Waals surface area contributed by atoms with Crippen LogP contribution in [-0.4, -0.2) is 16.9 Å². The average Bonchev–Trinajstić information content (AvgIpc) is 2.89. The number of carboxylic acid groups (broad SMARTS) is 1. The standard InChI is InChI=1S/C18H16O4/c1-11(17(19)18(20)21)6-7-12-8-9-16-14(10-12)13-4-2-3-5-15(13)22-16/h2-5,8-11H,6-7H2,1H3,(H,20,21)/t11-/m0/s1. The third kappa shape index (κ3) is 2.60. The van der Waals surface area contributed by atoms with Crippen LogP contribution in [0.15, 0.2) is 46.9 Å². The molecule has 0 radical (unpaired) electrons. The first-order chi connectivity index (χ1) is 10.6. The van der Waals surface area contributed by atoms with Crippen molar-refractivity contribution in [1.82, 2.24) is 0 Å². The Kier molecular flexibility index (Phi) is 3.67. The summed E-state index contributed by atoms with van der Waals surface area (Å²) in [6.07, 6.45) is 1.18. The Morgan fingerprint density at radius 2 is 1.82 bits per heavy atom. The Morgan fingerprint density at radius 1 is 1.09 bits per heavy atom. The molecule has 1 atom stereocenters. The topological polar surface area (TPSA) is 67.5 Å². The van der Waals surface area contributed by atoms with E-state index in [2.05, 4.69) is 6.07 Å². The van der Waals surface area contributed by atoms with Crippen molar-refractivity contribution in [1.29, 1.82) is 0 Å². The van der Waals surface area contributed by atoms with Gasteiger partial charge in [0, 0.05) is 16.7 Å². The molecule has 4 heteroatoms. The van der Waals surface area contributed by atoms with Gasteiger partial charge >= 0.3 is 5.97 Å². The molecule has 0 spiro atoms. The molecule has 2 aromatic carbocycles. The third-order valence-electron chi connectivity index (χ3n) is 3.97. The van der Waals surface area contributed by atoms with Gasteiger partial charge in [0.2, 0.25) is 5.78 Å². The first kappa shape index (κ1) is 14.3. The fraction of sp³-hybridized carbons (Fsp3) is 0.222. The second-order valence-electron chi connectivity index (χ2n) is 5.54. The Bertz CT molecular complexity index is 860. The zero-order chi connectivity index (χ0) is 15.7. The van der Waals surface area contributed by atoms with Gasteiger partial charge in [-0.3, -0.25) is 4.79 Å². The van der Waals surface area contributed by atoms with Crippen molar-refractivity contribution in [2.75, 3.05) is 0 Å². The number of para-hydroxylation sites is 1. The minimum atomic E-state index is -1.36. The monoisotopic (exact) mass is 296 g/mol. The molecule has 1 heterocycles. The van der Waals surface area contributed by atoms with E-state index in [1.165, 1.54) is 0 Å². The molecule has 0 unspecified atom stereocenters. The first-order valence-corrected chi connectivity index (χ1v) is 7.23. The van der Waals surface area contributed by atoms with Crippen molar-refractivity contribution in [3.05, 3.63) is 48.0 Å². The highest BCUT2D eigenvalue weighted by molar-refractivity contribution is 6.33. The van der Waals surface area contributed by atoms with Gasteiger partial charge in [0.05, 0.1) is 0 Å². The highest BCUT2D eigenvalue weighted by Gasteiger charge is 2.20. The number of aliphatic carboxylic acids is 1. The van der Waals surface area contributed by atoms with Gasteiger partial charge in [-0.1, -0.05) is 31.2 Å². The number of hydrogen-bond acceptors (Lipinski definition) is 3. The van der Waals surface area contributed by atoms with Gasteiger partial charge in [0.15, 0.2) is 0 Å². The molecular formula is C18H16O4. The molecule has 0 saturated heterocycles. The lowest BCUT2D eigenvalue weighted by Crippen LogP contribution is -2.21. The number of benzene rings is 2. The number of Topliss-reactive ketones (excluding diaryl/α,β-unsaturated/α-hetero) is 1. The van der Waals surface area contributed by atoms with Crippen molar-refractivity contribution in [3.8, 4) is 0 Å². The van der Waals surface area contributed by atoms with Crippen LogP contribution in [0.3, 0.4) is 0 Å². The van der Waals surface area contributed by atoms with E-state index in [-0.39, 0.29) is 0 Å². The zero-order valence-electron chi connectivity index (χ0n) is 12.2. The predicted octanol–water partition coefficient (Wildman–Crippen LogP) is 3.81. The first-order valence-electron chi connectivity index (χ1n) is 7.23. The highest BCUT2D eigenvalue weighted by Crippen LogP contribution is 2.29. The van der Waals surface area contributed by atoms with Crippen molar-refractivity contribution in [3.63, 3.8) is 0 Å². The maximum atomic E-state index is 11.4. The predicted molar refractivity (Wildman–Crippen MR) is 83.8 cm³/mol. The van der Waals surface area contributed by atoms with Gasteiger partial charge in [-0.05, 0) is 36.6 Å². The van der Waals surface area contributed by atoms with Gasteiger partial charge in [0.25, 0.3) is 0 Å². The summed E-state index contributed by atoms with van der Waals surface area (Å²) >= 11 is 0. The average molecular weight is 296 g/mol. The van der Waals surface area contributed by atoms with E-state index in [1.54, 1.807) is 6.92 Å². The quantitative estimate of drug-likeness (QED) is 0.727. The van der Waals surface area contributed by atoms with E-state index < -0.39 is 17.7 Å². The number of hydrogen-bond donors (Lipinski definition) is 1. The minimum absolute atomic E-state index is 0.478. The third-order valence-corrected chi connectivity index (χ3v) is 3.97. The Hall–Kier alpha value is -2.62. The van der Waals surface area contributed by atoms with Crippen LogP contribution >= 0.6 is 0 Å². The van der Waals surface area contributed by atoms with Crippen LogP contribution in [0.2, 0.25) is 0 Å². The summed E-state index contributed by atoms with van der Waals surface area (Å²) in [6, 6.07) is 13.8. The normalized spacial score (nSPS) is 12.6. The van der Waals surface area contributed by atoms with Crippen LogP contribution in [0, 0.1) is 5.92 Å². The second-order valence-corrected chi connectivity index (χ2v) is 5.54. The van der Waals surface area contributed by atoms with E-state index in [1.807, 2.05) is 36.4 Å². The lowest BCUT2D eigenvalue weighted by Gasteiger charge is -2.07. The number of carbonyl (C=O) groups is 2. The van der Waals surface area contributed by atoms with Crippen molar-refractivity contribution >= 4 is 33.7 Å². The van der Waals surface area contributed by atoms with E-state index >= 15 is 0 Å². The number of carbonyl (C=O) groups excluding carboxylic acids is 1. The van der Waals surface area contributed by atoms with Crippen LogP contribution in [-0.2, 0) is 16.0 Å². The summed E-state index contributed by atoms with van der Waals surface area (Å²) in [5, 5.41) is 10.8. The molecule has 1 aromatic heterocycles. The molecule has 1 N–H and O–H groups in total. The number of ketones is 1. The minimum Gasteiger partial charge on any atom is -0.475 e. The van der Waals surface area contributed by atoms with E-state index in [0.29, 0.717) is 12.8 Å². The summed E-state index contributed by atoms with van der Waals surface area (Å²) in [5.74, 6) is -2.56. The maximum Gasteiger partial charge on any atom is 0.372 e. The van der Waals surface area contributed by atoms with Crippen molar-refractivity contribution in [2.24, 2.45) is 5.92 Å². The zero-order valence-corrected chi connectivity index (χ0v) is 12.2. The van der Waals surface area contributed by atoms with E-state index in [0.717, 1.165) is 27.5 Å². The molecule has 0 saturated carbocycles. The second kappa shape index (κ2) is 5.64. The molecule has 0 aliphatic rings. The van der Waals surface area contributed by atoms with E-state index in [4.69, 9.17) is 9.52 Å². The van der Waals surface area contributed by atoms with Crippen LogP contribution in [0.25, 0.3) is 21.9 Å². The summed E-state index contributed by atoms with van der Waals surface area (Å²) in [7, 11) is 0. The highest BCUT2D eigenvalue weighted by atomic mass is 16.4. The number of carboxylic acids is 1. The summed E-state index contributed by atoms with van der Waals surface area (Å²) in [4.78, 5) is 22.1. The Balaban J connectivity index is 1.84. The Morgan fingerprint density at radius 3 is 2.59 bits per heavy atom. The fourth-order valence-electron chi connectivity index (χ4n) is 2.65. The van der Waals surface area contributed by atoms with Gasteiger partial charge in [-0.2, -0.15) is 0 Å². The fourth-order valence-corrected chi connectivity index (χ4v) is 2.65. The molecular weight excluding hydrogens is 280 g/mol. The molecule has 0 aliphatic heterocycles. The van der Waals surface area contributed by atoms with Crippen LogP contribution in [0.4, 0.5) is 0 Å². The van der Waals surface area contributed by atoms with Gasteiger partial charge in [-0.15, -0.1) is 0 Å². The number of rotatable bonds is 5. The largest absolute Gasteiger partial charge is 0.475 e. The molecule has 22 heavy (non-hydrogen) atoms. The van der Waals surface area contributed by atoms with Gasteiger partial charge in [0.1, 0.15) is 11.2 Å². The summed E-state index contributed by atoms with van der Waals surface area (Å²) in [5.41, 5.74) is 2.76. The lowest BCUT2D eigenvalue weighted by atomic mass is 9.96. The molecule has 3 aromatic rings. The number of fused-ring (bicyclic) bond motifs is 3. The SMILES string of the molecule is C[C@@H](CCc1ccc2oc3ccccc3c2c1)C(=O)C(=O)O. The van der Waals surface area contributed by atoms with Crippen molar-refractivity contribution in [2.45, 2.75) is 19.8 Å². The van der Waals surface area contributed by atoms with Crippen LogP contribution in [0.5, 0.6) is 0 Å². The number of furan rings is 1. The lowest BCUT2D eigenvalue weighted by molar-refractivity contribution is -0.150. The summed E-state index contributed by atoms with van der Waals surface area (Å²) in [6.45, 7) is 1.65. The molecule has 0 amide bonds. The molecule has 0 bridgehead atoms. The molecule has 3 rings (SSSR count). The molecule has 4 nitrogen and oxygen atoms in total. The van der Waals surface area contributed by atoms with Gasteiger partial charge in [-0.25, -0.2) is 4.79 Å². The number of aryl methyl sites for hydroxylation is 1. The maximum absolute atomic E-state index is 11.4. The van der Waals surface area contributed by atoms with Gasteiger partial charge < -0.3 is 9.52 Å². The van der Waals surface area contributed by atoms with Crippen LogP contribution < -0.4 is 0 Å². The summed E-state index contributed by atoms with van der Waals surface area (Å²) < 4.78 is 5.77. The molecule has 112 valence electrons. The van der Waals surface area contributed by atoms with Crippen molar-refractivity contribution < 1.29 is 19.1 Å². The van der Waals surface area contributed by atoms with E-state index in [9.17, 15) is 9.59 Å². The smallest absolute Gasteiger partial charge is 0.372 e. The Labute approximate surface area is 127 Å². The van der Waals surface area contributed by atoms with Crippen LogP contribution in [0.1, 0.15) is 18.9 Å². The molecule has 0 aliphatic carbocycles. The molecule has 0 fully saturated rings.